The Hall–Kier alpha value is -3.82. The Morgan fingerprint density at radius 2 is 1.00 bits per heavy atom. The monoisotopic (exact) mass is 501 g/mol. The molecule has 0 N–H and O–H groups in total. The molecular weight excluding hydrogens is 471 g/mol. The van der Waals surface area contributed by atoms with Crippen LogP contribution in [0.4, 0.5) is 0 Å². The van der Waals surface area contributed by atoms with Gasteiger partial charge in [-0.1, -0.05) is 47.0 Å². The van der Waals surface area contributed by atoms with Gasteiger partial charge in [0.1, 0.15) is 23.0 Å². The van der Waals surface area contributed by atoms with E-state index in [1.54, 1.807) is 28.4 Å². The summed E-state index contributed by atoms with van der Waals surface area (Å²) in [7, 11) is 4.78. The van der Waals surface area contributed by atoms with E-state index in [0.717, 1.165) is 55.9 Å². The van der Waals surface area contributed by atoms with Crippen LogP contribution in [0.25, 0.3) is 0 Å². The molecule has 0 aliphatic carbocycles. The summed E-state index contributed by atoms with van der Waals surface area (Å²) < 4.78 is 36.5. The molecule has 0 amide bonds. The molecule has 36 heavy (non-hydrogen) atoms. The Bertz CT molecular complexity index is 1310. The van der Waals surface area contributed by atoms with Crippen LogP contribution in [0, 0.1) is 0 Å². The molecule has 0 heterocycles. The Morgan fingerprint density at radius 3 is 1.50 bits per heavy atom. The maximum Gasteiger partial charge on any atom is 0.415 e. The van der Waals surface area contributed by atoms with Crippen LogP contribution in [0.3, 0.4) is 0 Å². The van der Waals surface area contributed by atoms with Gasteiger partial charge in [-0.05, 0) is 48.0 Å². The molecule has 0 radical (unpaired) electrons. The average Bonchev–Trinajstić information content (AvgIpc) is 2.94. The molecule has 1 unspecified atom stereocenters. The highest BCUT2D eigenvalue weighted by molar-refractivity contribution is 7.61. The second kappa shape index (κ2) is 11.7. The molecule has 0 saturated carbocycles. The van der Waals surface area contributed by atoms with Crippen molar-refractivity contribution in [1.29, 1.82) is 0 Å². The van der Waals surface area contributed by atoms with Crippen LogP contribution in [0.2, 0.25) is 0 Å². The number of ether oxygens (including phenoxy) is 4. The van der Waals surface area contributed by atoms with E-state index in [1.165, 1.54) is 0 Å². The predicted molar refractivity (Wildman–Crippen MR) is 144 cm³/mol. The maximum atomic E-state index is 13.9. The first-order chi connectivity index (χ1) is 17.6. The van der Waals surface area contributed by atoms with Crippen molar-refractivity contribution < 1.29 is 23.5 Å². The van der Waals surface area contributed by atoms with Gasteiger partial charge >= 0.3 is 7.80 Å². The molecule has 0 aliphatic rings. The van der Waals surface area contributed by atoms with E-state index < -0.39 is 7.80 Å². The summed E-state index contributed by atoms with van der Waals surface area (Å²) in [6, 6.07) is 27.0. The third-order valence-electron chi connectivity index (χ3n) is 6.24. The molecule has 0 aromatic heterocycles. The lowest BCUT2D eigenvalue weighted by Gasteiger charge is -2.17. The topological polar surface area (TPSA) is 54.0 Å². The number of hydrogen-bond acceptors (Lipinski definition) is 5. The van der Waals surface area contributed by atoms with Crippen molar-refractivity contribution in [2.45, 2.75) is 12.8 Å². The number of rotatable bonds is 10. The number of benzene rings is 4. The molecule has 6 heteroatoms. The van der Waals surface area contributed by atoms with Gasteiger partial charge < -0.3 is 18.9 Å². The van der Waals surface area contributed by atoms with Gasteiger partial charge in [-0.3, -0.25) is 0 Å². The fourth-order valence-electron chi connectivity index (χ4n) is 4.46. The van der Waals surface area contributed by atoms with Crippen molar-refractivity contribution in [3.63, 3.8) is 0 Å². The summed E-state index contributed by atoms with van der Waals surface area (Å²) in [5.41, 5.74) is 3.84. The van der Waals surface area contributed by atoms with Crippen LogP contribution in [-0.4, -0.2) is 28.4 Å². The van der Waals surface area contributed by atoms with Gasteiger partial charge in [-0.2, -0.15) is 0 Å². The zero-order valence-corrected chi connectivity index (χ0v) is 21.9. The summed E-state index contributed by atoms with van der Waals surface area (Å²) in [5.74, 6) is 2.93. The highest BCUT2D eigenvalue weighted by atomic mass is 31.1. The highest BCUT2D eigenvalue weighted by Gasteiger charge is 2.30. The Morgan fingerprint density at radius 1 is 0.528 bits per heavy atom. The van der Waals surface area contributed by atoms with E-state index in [-0.39, 0.29) is 0 Å². The summed E-state index contributed by atoms with van der Waals surface area (Å²) in [6.45, 7) is 0. The lowest BCUT2D eigenvalue weighted by Crippen LogP contribution is -2.16. The van der Waals surface area contributed by atoms with E-state index in [4.69, 9.17) is 18.9 Å². The minimum absolute atomic E-state index is 0.490. The van der Waals surface area contributed by atoms with Gasteiger partial charge in [0.05, 0.1) is 28.4 Å². The fraction of sp³-hybridized carbons (Fsp3) is 0.200. The van der Waals surface area contributed by atoms with Gasteiger partial charge in [0.2, 0.25) is 0 Å². The van der Waals surface area contributed by atoms with Crippen molar-refractivity contribution in [2.24, 2.45) is 0 Å². The molecule has 5 nitrogen and oxygen atoms in total. The summed E-state index contributed by atoms with van der Waals surface area (Å²) in [4.78, 5) is 0. The van der Waals surface area contributed by atoms with Crippen LogP contribution in [0.15, 0.2) is 84.9 Å². The quantitative estimate of drug-likeness (QED) is 0.262. The molecule has 0 spiro atoms. The van der Waals surface area contributed by atoms with Crippen LogP contribution >= 0.6 is 7.80 Å². The van der Waals surface area contributed by atoms with Crippen molar-refractivity contribution in [2.75, 3.05) is 28.4 Å². The number of hydrogen-bond donors (Lipinski definition) is 0. The third kappa shape index (κ3) is 5.22. The predicted octanol–water partition coefficient (Wildman–Crippen LogP) is 5.68. The van der Waals surface area contributed by atoms with Crippen molar-refractivity contribution in [3.05, 3.63) is 107 Å². The standard InChI is InChI=1S/C30H30O5P/c1-32-26-14-9-15-27(33-2)24(26)19-21-11-8-18-30(36(31)22-12-6-5-7-13-22)23(21)20-25-28(34-3)16-10-17-29(25)35-4/h5-18H,19-20H2,1-4H3/q+1. The lowest BCUT2D eigenvalue weighted by atomic mass is 9.93. The second-order valence-corrected chi connectivity index (χ2v) is 9.77. The Balaban J connectivity index is 1.90. The van der Waals surface area contributed by atoms with Crippen LogP contribution in [0.1, 0.15) is 22.3 Å². The lowest BCUT2D eigenvalue weighted by molar-refractivity contribution is 0.386. The summed E-state index contributed by atoms with van der Waals surface area (Å²) >= 11 is 0. The van der Waals surface area contributed by atoms with Crippen LogP contribution < -0.4 is 29.6 Å². The van der Waals surface area contributed by atoms with E-state index in [1.807, 2.05) is 78.9 Å². The highest BCUT2D eigenvalue weighted by Crippen LogP contribution is 2.36. The smallest absolute Gasteiger partial charge is 0.415 e. The Kier molecular flexibility index (Phi) is 8.24. The van der Waals surface area contributed by atoms with Gasteiger partial charge in [-0.25, -0.2) is 0 Å². The van der Waals surface area contributed by atoms with Gasteiger partial charge in [0.15, 0.2) is 10.6 Å². The van der Waals surface area contributed by atoms with Crippen molar-refractivity contribution in [3.8, 4) is 23.0 Å². The van der Waals surface area contributed by atoms with E-state index in [9.17, 15) is 4.57 Å². The second-order valence-electron chi connectivity index (χ2n) is 8.18. The fourth-order valence-corrected chi connectivity index (χ4v) is 5.87. The molecule has 1 atom stereocenters. The molecule has 4 aromatic rings. The van der Waals surface area contributed by atoms with E-state index >= 15 is 0 Å². The number of methoxy groups -OCH3 is 4. The van der Waals surface area contributed by atoms with Crippen molar-refractivity contribution >= 4 is 18.4 Å². The largest absolute Gasteiger partial charge is 0.496 e. The van der Waals surface area contributed by atoms with Gasteiger partial charge in [0, 0.05) is 29.5 Å². The molecule has 4 rings (SSSR count). The van der Waals surface area contributed by atoms with Crippen LogP contribution in [-0.2, 0) is 17.4 Å². The first kappa shape index (κ1) is 25.3. The molecular formula is C30H30O5P+. The van der Waals surface area contributed by atoms with Crippen molar-refractivity contribution in [1.82, 2.24) is 0 Å². The zero-order valence-electron chi connectivity index (χ0n) is 21.0. The molecule has 4 aromatic carbocycles. The first-order valence-corrected chi connectivity index (χ1v) is 12.9. The van der Waals surface area contributed by atoms with Gasteiger partial charge in [-0.15, -0.1) is 0 Å². The first-order valence-electron chi connectivity index (χ1n) is 11.6. The molecule has 0 aliphatic heterocycles. The zero-order chi connectivity index (χ0) is 25.5. The Labute approximate surface area is 213 Å². The summed E-state index contributed by atoms with van der Waals surface area (Å²) in [6.07, 6.45) is 1.04. The average molecular weight is 502 g/mol. The SMILES string of the molecule is COc1cccc(OC)c1Cc1cccc([P+](=O)c2ccccc2)c1Cc1c(OC)cccc1OC. The third-order valence-corrected chi connectivity index (χ3v) is 7.86. The van der Waals surface area contributed by atoms with Gasteiger partial charge in [0.25, 0.3) is 0 Å². The molecule has 0 fully saturated rings. The molecule has 184 valence electrons. The normalized spacial score (nSPS) is 11.1. The molecule has 0 saturated heterocycles. The van der Waals surface area contributed by atoms with Crippen LogP contribution in [0.5, 0.6) is 23.0 Å². The minimum Gasteiger partial charge on any atom is -0.496 e. The molecule has 0 bridgehead atoms. The summed E-state index contributed by atoms with van der Waals surface area (Å²) in [5, 5.41) is 1.57. The van der Waals surface area contributed by atoms with E-state index in [2.05, 4.69) is 6.07 Å². The maximum absolute atomic E-state index is 13.9. The van der Waals surface area contributed by atoms with E-state index in [0.29, 0.717) is 12.8 Å². The minimum atomic E-state index is -1.82.